The Morgan fingerprint density at radius 2 is 1.56 bits per heavy atom. The largest absolute Gasteiger partial charge is 0.508 e. The maximum absolute atomic E-state index is 13.2. The second kappa shape index (κ2) is 6.74. The Kier molecular flexibility index (Phi) is 4.25. The molecule has 0 aliphatic heterocycles. The molecular formula is C21H13FO4S. The molecule has 1 aromatic heterocycles. The van der Waals surface area contributed by atoms with Crippen LogP contribution in [0.2, 0.25) is 0 Å². The van der Waals surface area contributed by atoms with Gasteiger partial charge in [0.1, 0.15) is 27.9 Å². The van der Waals surface area contributed by atoms with Gasteiger partial charge in [-0.1, -0.05) is 0 Å². The predicted octanol–water partition coefficient (Wildman–Crippen LogP) is 5.47. The van der Waals surface area contributed by atoms with Crippen LogP contribution >= 0.6 is 11.3 Å². The number of phenols is 2. The first kappa shape index (κ1) is 17.1. The lowest BCUT2D eigenvalue weighted by Gasteiger charge is -2.08. The van der Waals surface area contributed by atoms with Crippen LogP contribution in [0.4, 0.5) is 4.39 Å². The van der Waals surface area contributed by atoms with Crippen LogP contribution in [-0.2, 0) is 0 Å². The number of phenolic OH excluding ortho intramolecular Hbond substituents is 2. The van der Waals surface area contributed by atoms with Gasteiger partial charge in [-0.2, -0.15) is 0 Å². The van der Waals surface area contributed by atoms with E-state index in [-0.39, 0.29) is 17.3 Å². The van der Waals surface area contributed by atoms with Crippen molar-refractivity contribution in [3.63, 3.8) is 0 Å². The number of benzene rings is 3. The summed E-state index contributed by atoms with van der Waals surface area (Å²) < 4.78 is 19.8. The molecule has 0 aliphatic carbocycles. The van der Waals surface area contributed by atoms with Crippen LogP contribution in [0.15, 0.2) is 66.7 Å². The second-order valence-corrected chi connectivity index (χ2v) is 6.92. The first-order valence-corrected chi connectivity index (χ1v) is 8.85. The molecule has 3 aromatic carbocycles. The molecule has 4 rings (SSSR count). The first-order chi connectivity index (χ1) is 13.0. The van der Waals surface area contributed by atoms with Crippen molar-refractivity contribution in [1.82, 2.24) is 0 Å². The van der Waals surface area contributed by atoms with E-state index < -0.39 is 5.82 Å². The number of aromatic hydroxyl groups is 2. The highest BCUT2D eigenvalue weighted by molar-refractivity contribution is 7.21. The van der Waals surface area contributed by atoms with Gasteiger partial charge in [0.2, 0.25) is 5.78 Å². The molecule has 0 saturated heterocycles. The molecule has 134 valence electrons. The van der Waals surface area contributed by atoms with Crippen LogP contribution in [-0.4, -0.2) is 16.0 Å². The quantitative estimate of drug-likeness (QED) is 0.461. The third kappa shape index (κ3) is 3.35. The second-order valence-electron chi connectivity index (χ2n) is 5.87. The summed E-state index contributed by atoms with van der Waals surface area (Å²) in [5.41, 5.74) is 0.336. The van der Waals surface area contributed by atoms with Crippen molar-refractivity contribution < 1.29 is 24.1 Å². The average molecular weight is 380 g/mol. The highest BCUT2D eigenvalue weighted by Crippen LogP contribution is 2.42. The maximum Gasteiger partial charge on any atom is 0.206 e. The zero-order chi connectivity index (χ0) is 19.0. The van der Waals surface area contributed by atoms with E-state index in [0.29, 0.717) is 32.0 Å². The van der Waals surface area contributed by atoms with Crippen LogP contribution in [0, 0.1) is 5.82 Å². The summed E-state index contributed by atoms with van der Waals surface area (Å²) in [5, 5.41) is 19.9. The highest BCUT2D eigenvalue weighted by atomic mass is 32.1. The van der Waals surface area contributed by atoms with Gasteiger partial charge >= 0.3 is 0 Å². The number of rotatable bonds is 4. The topological polar surface area (TPSA) is 66.8 Å². The fourth-order valence-electron chi connectivity index (χ4n) is 2.68. The van der Waals surface area contributed by atoms with E-state index in [1.165, 1.54) is 53.8 Å². The monoisotopic (exact) mass is 380 g/mol. The summed E-state index contributed by atoms with van der Waals surface area (Å²) in [4.78, 5) is 13.3. The molecule has 4 nitrogen and oxygen atoms in total. The zero-order valence-corrected chi connectivity index (χ0v) is 14.7. The van der Waals surface area contributed by atoms with Crippen LogP contribution in [0.1, 0.15) is 15.2 Å². The summed E-state index contributed by atoms with van der Waals surface area (Å²) in [6, 6.07) is 16.2. The molecule has 0 atom stereocenters. The number of ether oxygens (including phenoxy) is 1. The molecule has 0 aliphatic rings. The number of carbonyl (C=O) groups is 1. The molecular weight excluding hydrogens is 367 g/mol. The minimum absolute atomic E-state index is 0.0840. The summed E-state index contributed by atoms with van der Waals surface area (Å²) in [7, 11) is 0. The van der Waals surface area contributed by atoms with Crippen LogP contribution in [0.5, 0.6) is 23.0 Å². The lowest BCUT2D eigenvalue weighted by atomic mass is 10.1. The van der Waals surface area contributed by atoms with Crippen molar-refractivity contribution in [3.8, 4) is 23.0 Å². The smallest absolute Gasteiger partial charge is 0.206 e. The van der Waals surface area contributed by atoms with Gasteiger partial charge in [0.15, 0.2) is 5.75 Å². The van der Waals surface area contributed by atoms with Crippen LogP contribution in [0.25, 0.3) is 10.1 Å². The Bertz CT molecular complexity index is 1130. The van der Waals surface area contributed by atoms with E-state index >= 15 is 0 Å². The van der Waals surface area contributed by atoms with Crippen LogP contribution in [0.3, 0.4) is 0 Å². The summed E-state index contributed by atoms with van der Waals surface area (Å²) in [6.07, 6.45) is 0. The normalized spacial score (nSPS) is 10.9. The summed E-state index contributed by atoms with van der Waals surface area (Å²) >= 11 is 1.19. The Labute approximate surface area is 157 Å². The number of ketones is 1. The number of fused-ring (bicyclic) bond motifs is 1. The minimum atomic E-state index is -0.423. The molecule has 4 aromatic rings. The van der Waals surface area contributed by atoms with E-state index in [4.69, 9.17) is 4.74 Å². The lowest BCUT2D eigenvalue weighted by molar-refractivity contribution is 0.104. The fraction of sp³-hybridized carbons (Fsp3) is 0. The molecule has 0 fully saturated rings. The van der Waals surface area contributed by atoms with Gasteiger partial charge in [0.25, 0.3) is 0 Å². The molecule has 6 heteroatoms. The number of halogens is 1. The SMILES string of the molecule is O=C(c1ccc(F)cc1)c1sc2cc(O)ccc2c1Oc1ccc(O)cc1. The molecule has 0 amide bonds. The molecule has 1 heterocycles. The lowest BCUT2D eigenvalue weighted by Crippen LogP contribution is -2.00. The third-order valence-corrected chi connectivity index (χ3v) is 5.13. The van der Waals surface area contributed by atoms with Gasteiger partial charge in [-0.25, -0.2) is 4.39 Å². The Morgan fingerprint density at radius 1 is 0.889 bits per heavy atom. The third-order valence-electron chi connectivity index (χ3n) is 4.00. The van der Waals surface area contributed by atoms with Gasteiger partial charge in [0, 0.05) is 15.6 Å². The molecule has 0 saturated carbocycles. The number of thiophene rings is 1. The van der Waals surface area contributed by atoms with E-state index in [0.717, 1.165) is 0 Å². The van der Waals surface area contributed by atoms with Crippen molar-refractivity contribution in [2.75, 3.05) is 0 Å². The van der Waals surface area contributed by atoms with Crippen molar-refractivity contribution >= 4 is 27.2 Å². The molecule has 0 bridgehead atoms. The summed E-state index contributed by atoms with van der Waals surface area (Å²) in [6.45, 7) is 0. The van der Waals surface area contributed by atoms with E-state index in [1.54, 1.807) is 24.3 Å². The van der Waals surface area contributed by atoms with Gasteiger partial charge in [-0.05, 0) is 66.7 Å². The van der Waals surface area contributed by atoms with E-state index in [2.05, 4.69) is 0 Å². The molecule has 0 spiro atoms. The molecule has 0 unspecified atom stereocenters. The molecule has 2 N–H and O–H groups in total. The average Bonchev–Trinajstić information content (AvgIpc) is 3.01. The van der Waals surface area contributed by atoms with Crippen LogP contribution < -0.4 is 4.74 Å². The van der Waals surface area contributed by atoms with Gasteiger partial charge in [-0.3, -0.25) is 4.79 Å². The van der Waals surface area contributed by atoms with Crippen molar-refractivity contribution in [3.05, 3.63) is 83.0 Å². The van der Waals surface area contributed by atoms with E-state index in [1.807, 2.05) is 0 Å². The standard InChI is InChI=1S/C21H13FO4S/c22-13-3-1-12(2-4-13)19(25)21-20(26-16-8-5-14(23)6-9-16)17-10-7-15(24)11-18(17)27-21/h1-11,23-24H. The maximum atomic E-state index is 13.2. The Morgan fingerprint density at radius 3 is 2.26 bits per heavy atom. The fourth-order valence-corrected chi connectivity index (χ4v) is 3.80. The first-order valence-electron chi connectivity index (χ1n) is 8.04. The number of carbonyl (C=O) groups excluding carboxylic acids is 1. The van der Waals surface area contributed by atoms with Crippen molar-refractivity contribution in [1.29, 1.82) is 0 Å². The van der Waals surface area contributed by atoms with Crippen molar-refractivity contribution in [2.45, 2.75) is 0 Å². The Balaban J connectivity index is 1.84. The molecule has 27 heavy (non-hydrogen) atoms. The van der Waals surface area contributed by atoms with Gasteiger partial charge < -0.3 is 14.9 Å². The predicted molar refractivity (Wildman–Crippen MR) is 102 cm³/mol. The minimum Gasteiger partial charge on any atom is -0.508 e. The zero-order valence-electron chi connectivity index (χ0n) is 13.8. The number of hydrogen-bond donors (Lipinski definition) is 2. The Hall–Kier alpha value is -3.38. The van der Waals surface area contributed by atoms with Gasteiger partial charge in [0.05, 0.1) is 0 Å². The van der Waals surface area contributed by atoms with E-state index in [9.17, 15) is 19.4 Å². The number of hydrogen-bond acceptors (Lipinski definition) is 5. The molecule has 0 radical (unpaired) electrons. The highest BCUT2D eigenvalue weighted by Gasteiger charge is 2.22. The summed E-state index contributed by atoms with van der Waals surface area (Å²) in [5.74, 6) is 0.271. The van der Waals surface area contributed by atoms with Gasteiger partial charge in [-0.15, -0.1) is 11.3 Å². The van der Waals surface area contributed by atoms with Crippen molar-refractivity contribution in [2.24, 2.45) is 0 Å².